The molecule has 1 fully saturated rings. The van der Waals surface area contributed by atoms with E-state index in [1.807, 2.05) is 37.6 Å². The maximum Gasteiger partial charge on any atom is 0.230 e. The highest BCUT2D eigenvalue weighted by Crippen LogP contribution is 2.27. The molecule has 1 amide bonds. The van der Waals surface area contributed by atoms with E-state index in [0.29, 0.717) is 27.8 Å². The highest BCUT2D eigenvalue weighted by Gasteiger charge is 2.24. The first-order valence-corrected chi connectivity index (χ1v) is 9.54. The van der Waals surface area contributed by atoms with E-state index in [9.17, 15) is 4.79 Å². The molecule has 1 aromatic carbocycles. The lowest BCUT2D eigenvalue weighted by Crippen LogP contribution is -2.27. The zero-order valence-electron chi connectivity index (χ0n) is 14.5. The Labute approximate surface area is 156 Å². The van der Waals surface area contributed by atoms with Gasteiger partial charge in [-0.3, -0.25) is 4.79 Å². The number of aromatic nitrogens is 3. The molecule has 1 atom stereocenters. The molecule has 0 radical (unpaired) electrons. The number of halogens is 1. The first-order chi connectivity index (χ1) is 11.9. The third-order valence-corrected chi connectivity index (χ3v) is 5.20. The number of amides is 1. The minimum Gasteiger partial charge on any atom is -0.482 e. The first kappa shape index (κ1) is 18.1. The quantitative estimate of drug-likeness (QED) is 0.746. The van der Waals surface area contributed by atoms with Gasteiger partial charge in [0.25, 0.3) is 0 Å². The Kier molecular flexibility index (Phi) is 5.54. The molecule has 1 N–H and O–H groups in total. The SMILES string of the molecule is Cc1cc(Cl)ccc1OC(C)c1nnc(SCC(=O)NC2CC2)n1C. The van der Waals surface area contributed by atoms with Crippen molar-refractivity contribution in [1.29, 1.82) is 0 Å². The molecule has 0 aliphatic heterocycles. The molecule has 2 aromatic rings. The molecule has 1 aliphatic rings. The standard InChI is InChI=1S/C17H21ClN4O2S/c1-10-8-12(18)4-7-14(10)24-11(2)16-20-21-17(22(16)3)25-9-15(23)19-13-5-6-13/h4,7-8,11,13H,5-6,9H2,1-3H3,(H,19,23). The van der Waals surface area contributed by atoms with Crippen molar-refractivity contribution >= 4 is 29.3 Å². The van der Waals surface area contributed by atoms with E-state index < -0.39 is 0 Å². The van der Waals surface area contributed by atoms with Gasteiger partial charge in [0.15, 0.2) is 17.1 Å². The number of rotatable bonds is 7. The van der Waals surface area contributed by atoms with Crippen molar-refractivity contribution in [2.24, 2.45) is 7.05 Å². The summed E-state index contributed by atoms with van der Waals surface area (Å²) < 4.78 is 7.86. The number of hydrogen-bond donors (Lipinski definition) is 1. The van der Waals surface area contributed by atoms with Gasteiger partial charge in [-0.1, -0.05) is 23.4 Å². The second-order valence-electron chi connectivity index (χ2n) is 6.20. The number of carbonyl (C=O) groups excluding carboxylic acids is 1. The van der Waals surface area contributed by atoms with Crippen LogP contribution >= 0.6 is 23.4 Å². The summed E-state index contributed by atoms with van der Waals surface area (Å²) in [6.45, 7) is 3.87. The Morgan fingerprint density at radius 2 is 2.24 bits per heavy atom. The van der Waals surface area contributed by atoms with Gasteiger partial charge in [-0.2, -0.15) is 0 Å². The van der Waals surface area contributed by atoms with Crippen LogP contribution in [0.4, 0.5) is 0 Å². The van der Waals surface area contributed by atoms with Crippen LogP contribution in [0.3, 0.4) is 0 Å². The Hall–Kier alpha value is -1.73. The highest BCUT2D eigenvalue weighted by atomic mass is 35.5. The lowest BCUT2D eigenvalue weighted by atomic mass is 10.2. The molecular weight excluding hydrogens is 360 g/mol. The minimum absolute atomic E-state index is 0.0399. The normalized spacial score (nSPS) is 15.0. The molecule has 1 unspecified atom stereocenters. The Morgan fingerprint density at radius 3 is 2.92 bits per heavy atom. The van der Waals surface area contributed by atoms with Gasteiger partial charge in [0.2, 0.25) is 5.91 Å². The molecule has 1 saturated carbocycles. The van der Waals surface area contributed by atoms with Crippen molar-refractivity contribution in [3.8, 4) is 5.75 Å². The summed E-state index contributed by atoms with van der Waals surface area (Å²) in [6.07, 6.45) is 1.90. The lowest BCUT2D eigenvalue weighted by Gasteiger charge is -2.16. The predicted octanol–water partition coefficient (Wildman–Crippen LogP) is 3.29. The van der Waals surface area contributed by atoms with Crippen molar-refractivity contribution in [2.75, 3.05) is 5.75 Å². The van der Waals surface area contributed by atoms with E-state index in [4.69, 9.17) is 16.3 Å². The third kappa shape index (κ3) is 4.67. The molecule has 1 aliphatic carbocycles. The number of carbonyl (C=O) groups is 1. The number of aryl methyl sites for hydroxylation is 1. The Bertz CT molecular complexity index is 776. The van der Waals surface area contributed by atoms with Crippen LogP contribution < -0.4 is 10.1 Å². The molecule has 25 heavy (non-hydrogen) atoms. The minimum atomic E-state index is -0.271. The predicted molar refractivity (Wildman–Crippen MR) is 98.1 cm³/mol. The van der Waals surface area contributed by atoms with Crippen LogP contribution in [0.2, 0.25) is 5.02 Å². The van der Waals surface area contributed by atoms with E-state index in [-0.39, 0.29) is 12.0 Å². The van der Waals surface area contributed by atoms with Gasteiger partial charge in [0, 0.05) is 18.1 Å². The van der Waals surface area contributed by atoms with Crippen LogP contribution in [-0.4, -0.2) is 32.5 Å². The van der Waals surface area contributed by atoms with Gasteiger partial charge in [-0.25, -0.2) is 0 Å². The summed E-state index contributed by atoms with van der Waals surface area (Å²) in [5.41, 5.74) is 0.966. The van der Waals surface area contributed by atoms with E-state index in [1.165, 1.54) is 11.8 Å². The summed E-state index contributed by atoms with van der Waals surface area (Å²) in [5.74, 6) is 1.85. The number of ether oxygens (including phenoxy) is 1. The van der Waals surface area contributed by atoms with Crippen molar-refractivity contribution < 1.29 is 9.53 Å². The second-order valence-corrected chi connectivity index (χ2v) is 7.58. The van der Waals surface area contributed by atoms with Crippen molar-refractivity contribution in [2.45, 2.75) is 44.0 Å². The number of nitrogens with one attached hydrogen (secondary N) is 1. The summed E-state index contributed by atoms with van der Waals surface area (Å²) in [4.78, 5) is 11.8. The fraction of sp³-hybridized carbons (Fsp3) is 0.471. The van der Waals surface area contributed by atoms with Gasteiger partial charge in [-0.05, 0) is 50.5 Å². The largest absolute Gasteiger partial charge is 0.482 e. The number of nitrogens with zero attached hydrogens (tertiary/aromatic N) is 3. The molecule has 134 valence electrons. The first-order valence-electron chi connectivity index (χ1n) is 8.18. The van der Waals surface area contributed by atoms with E-state index in [0.717, 1.165) is 24.2 Å². The van der Waals surface area contributed by atoms with E-state index in [2.05, 4.69) is 15.5 Å². The molecule has 0 saturated heterocycles. The van der Waals surface area contributed by atoms with Crippen LogP contribution in [0, 0.1) is 6.92 Å². The molecule has 0 bridgehead atoms. The van der Waals surface area contributed by atoms with Crippen LogP contribution in [0.25, 0.3) is 0 Å². The molecule has 0 spiro atoms. The number of thioether (sulfide) groups is 1. The van der Waals surface area contributed by atoms with Crippen LogP contribution in [0.1, 0.15) is 37.3 Å². The summed E-state index contributed by atoms with van der Waals surface area (Å²) >= 11 is 7.36. The average Bonchev–Trinajstić information content (AvgIpc) is 3.29. The monoisotopic (exact) mass is 380 g/mol. The highest BCUT2D eigenvalue weighted by molar-refractivity contribution is 7.99. The van der Waals surface area contributed by atoms with Gasteiger partial charge < -0.3 is 14.6 Å². The fourth-order valence-electron chi connectivity index (χ4n) is 2.42. The molecule has 8 heteroatoms. The average molecular weight is 381 g/mol. The molecule has 1 aromatic heterocycles. The van der Waals surface area contributed by atoms with Gasteiger partial charge in [-0.15, -0.1) is 10.2 Å². The topological polar surface area (TPSA) is 69.0 Å². The van der Waals surface area contributed by atoms with Gasteiger partial charge in [0.05, 0.1) is 5.75 Å². The maximum absolute atomic E-state index is 11.8. The smallest absolute Gasteiger partial charge is 0.230 e. The molecule has 3 rings (SSSR count). The van der Waals surface area contributed by atoms with Crippen molar-refractivity contribution in [3.63, 3.8) is 0 Å². The third-order valence-electron chi connectivity index (χ3n) is 3.95. The van der Waals surface area contributed by atoms with E-state index >= 15 is 0 Å². The number of benzene rings is 1. The maximum atomic E-state index is 11.8. The second kappa shape index (κ2) is 7.66. The summed E-state index contributed by atoms with van der Waals surface area (Å²) in [6, 6.07) is 5.88. The lowest BCUT2D eigenvalue weighted by molar-refractivity contribution is -0.118. The van der Waals surface area contributed by atoms with Gasteiger partial charge in [0.1, 0.15) is 5.75 Å². The molecule has 6 nitrogen and oxygen atoms in total. The molecular formula is C17H21ClN4O2S. The van der Waals surface area contributed by atoms with Crippen LogP contribution in [-0.2, 0) is 11.8 Å². The zero-order chi connectivity index (χ0) is 18.0. The Balaban J connectivity index is 1.61. The Morgan fingerprint density at radius 1 is 1.48 bits per heavy atom. The van der Waals surface area contributed by atoms with Crippen molar-refractivity contribution in [3.05, 3.63) is 34.6 Å². The summed E-state index contributed by atoms with van der Waals surface area (Å²) in [7, 11) is 1.88. The van der Waals surface area contributed by atoms with Gasteiger partial charge >= 0.3 is 0 Å². The number of hydrogen-bond acceptors (Lipinski definition) is 5. The van der Waals surface area contributed by atoms with Crippen LogP contribution in [0.15, 0.2) is 23.4 Å². The fourth-order valence-corrected chi connectivity index (χ4v) is 3.38. The van der Waals surface area contributed by atoms with E-state index in [1.54, 1.807) is 6.07 Å². The molecule has 1 heterocycles. The summed E-state index contributed by atoms with van der Waals surface area (Å²) in [5, 5.41) is 12.7. The van der Waals surface area contributed by atoms with Crippen molar-refractivity contribution in [1.82, 2.24) is 20.1 Å². The van der Waals surface area contributed by atoms with Crippen LogP contribution in [0.5, 0.6) is 5.75 Å². The zero-order valence-corrected chi connectivity index (χ0v) is 16.0.